The Balaban J connectivity index is 1.50. The van der Waals surface area contributed by atoms with E-state index in [2.05, 4.69) is 32.9 Å². The first-order valence-electron chi connectivity index (χ1n) is 10.0. The van der Waals surface area contributed by atoms with Gasteiger partial charge in [0.05, 0.1) is 16.1 Å². The maximum atomic E-state index is 13.0. The minimum absolute atomic E-state index is 0.0777. The van der Waals surface area contributed by atoms with Crippen molar-refractivity contribution in [2.45, 2.75) is 43.5 Å². The Morgan fingerprint density at radius 3 is 2.45 bits per heavy atom. The number of nitrogens with one attached hydrogen (secondary N) is 2. The van der Waals surface area contributed by atoms with Gasteiger partial charge in [-0.05, 0) is 80.3 Å². The number of hydrogen-bond donors (Lipinski definition) is 2. The molecule has 2 aliphatic carbocycles. The number of fused-ring (bicyclic) bond motifs is 2. The van der Waals surface area contributed by atoms with E-state index < -0.39 is 10.0 Å². The number of hydrogen-bond acceptors (Lipinski definition) is 3. The van der Waals surface area contributed by atoms with Gasteiger partial charge in [0.1, 0.15) is 0 Å². The van der Waals surface area contributed by atoms with Crippen LogP contribution in [0.25, 0.3) is 0 Å². The Bertz CT molecular complexity index is 1010. The van der Waals surface area contributed by atoms with E-state index in [1.54, 1.807) is 36.4 Å². The van der Waals surface area contributed by atoms with Gasteiger partial charge in [0, 0.05) is 10.5 Å². The summed E-state index contributed by atoms with van der Waals surface area (Å²) in [6.07, 6.45) is 5.06. The highest BCUT2D eigenvalue weighted by Gasteiger charge is 2.42. The third kappa shape index (κ3) is 4.36. The smallest absolute Gasteiger partial charge is 0.261 e. The summed E-state index contributed by atoms with van der Waals surface area (Å²) in [5.74, 6) is 1.80. The minimum Gasteiger partial charge on any atom is -0.349 e. The second kappa shape index (κ2) is 8.11. The molecule has 2 aromatic rings. The minimum atomic E-state index is -3.79. The summed E-state index contributed by atoms with van der Waals surface area (Å²) in [4.78, 5) is 13.1. The molecule has 1 amide bonds. The number of para-hydroxylation sites is 1. The van der Waals surface area contributed by atoms with Crippen molar-refractivity contribution in [3.8, 4) is 0 Å². The van der Waals surface area contributed by atoms with Crippen LogP contribution in [0.15, 0.2) is 57.9 Å². The lowest BCUT2D eigenvalue weighted by atomic mass is 9.84. The van der Waals surface area contributed by atoms with Crippen LogP contribution in [0.2, 0.25) is 0 Å². The topological polar surface area (TPSA) is 75.3 Å². The Labute approximate surface area is 180 Å². The van der Waals surface area contributed by atoms with Crippen molar-refractivity contribution in [2.75, 3.05) is 4.72 Å². The molecule has 0 heterocycles. The summed E-state index contributed by atoms with van der Waals surface area (Å²) in [5, 5.41) is 3.12. The van der Waals surface area contributed by atoms with Gasteiger partial charge in [-0.15, -0.1) is 0 Å². The Morgan fingerprint density at radius 1 is 1.07 bits per heavy atom. The van der Waals surface area contributed by atoms with Crippen molar-refractivity contribution in [3.63, 3.8) is 0 Å². The van der Waals surface area contributed by atoms with Crippen molar-refractivity contribution in [2.24, 2.45) is 17.8 Å². The SMILES string of the molecule is C[C@@H](NC(=O)c1ccccc1NS(=O)(=O)c1ccc(Br)cc1)[C@H]1C[C@H]2CC[C@H]1C2. The first-order chi connectivity index (χ1) is 13.8. The number of anilines is 1. The summed E-state index contributed by atoms with van der Waals surface area (Å²) in [5.41, 5.74) is 0.622. The zero-order valence-corrected chi connectivity index (χ0v) is 18.7. The molecule has 5 nitrogen and oxygen atoms in total. The van der Waals surface area contributed by atoms with Crippen molar-refractivity contribution >= 4 is 37.5 Å². The van der Waals surface area contributed by atoms with E-state index in [0.717, 1.165) is 10.4 Å². The average molecular weight is 477 g/mol. The standard InChI is InChI=1S/C22H25BrN2O3S/c1-14(20-13-15-6-7-16(20)12-15)24-22(26)19-4-2-3-5-21(19)25-29(27,28)18-10-8-17(23)9-11-18/h2-5,8-11,14-16,20,25H,6-7,12-13H2,1H3,(H,24,26)/t14-,15+,16+,20-/m1/s1. The van der Waals surface area contributed by atoms with E-state index in [1.807, 2.05) is 0 Å². The predicted octanol–water partition coefficient (Wildman–Crippen LogP) is 4.80. The molecule has 0 radical (unpaired) electrons. The number of carbonyl (C=O) groups excluding carboxylic acids is 1. The molecule has 29 heavy (non-hydrogen) atoms. The van der Waals surface area contributed by atoms with Crippen LogP contribution in [0.5, 0.6) is 0 Å². The van der Waals surface area contributed by atoms with Crippen LogP contribution in [0.1, 0.15) is 43.0 Å². The van der Waals surface area contributed by atoms with Gasteiger partial charge in [0.15, 0.2) is 0 Å². The largest absolute Gasteiger partial charge is 0.349 e. The van der Waals surface area contributed by atoms with Crippen molar-refractivity contribution < 1.29 is 13.2 Å². The van der Waals surface area contributed by atoms with Gasteiger partial charge in [-0.2, -0.15) is 0 Å². The lowest BCUT2D eigenvalue weighted by Crippen LogP contribution is -2.40. The molecule has 7 heteroatoms. The molecule has 2 saturated carbocycles. The number of sulfonamides is 1. The second-order valence-corrected chi connectivity index (χ2v) is 10.8. The molecule has 2 fully saturated rings. The fraction of sp³-hybridized carbons (Fsp3) is 0.409. The summed E-state index contributed by atoms with van der Waals surface area (Å²) in [7, 11) is -3.79. The molecule has 154 valence electrons. The predicted molar refractivity (Wildman–Crippen MR) is 117 cm³/mol. The molecular weight excluding hydrogens is 452 g/mol. The van der Waals surface area contributed by atoms with Gasteiger partial charge in [-0.25, -0.2) is 8.42 Å². The van der Waals surface area contributed by atoms with Crippen LogP contribution in [0.4, 0.5) is 5.69 Å². The van der Waals surface area contributed by atoms with Crippen LogP contribution < -0.4 is 10.0 Å². The second-order valence-electron chi connectivity index (χ2n) is 8.21. The molecule has 0 unspecified atom stereocenters. The van der Waals surface area contributed by atoms with Gasteiger partial charge in [-0.3, -0.25) is 9.52 Å². The Hall–Kier alpha value is -1.86. The molecule has 4 rings (SSSR count). The van der Waals surface area contributed by atoms with Gasteiger partial charge < -0.3 is 5.32 Å². The molecule has 2 aliphatic rings. The highest BCUT2D eigenvalue weighted by molar-refractivity contribution is 9.10. The number of amides is 1. The molecule has 2 N–H and O–H groups in total. The molecule has 4 atom stereocenters. The van der Waals surface area contributed by atoms with Crippen LogP contribution >= 0.6 is 15.9 Å². The molecule has 0 spiro atoms. The highest BCUT2D eigenvalue weighted by atomic mass is 79.9. The first kappa shape index (κ1) is 20.4. The lowest BCUT2D eigenvalue weighted by molar-refractivity contribution is 0.0916. The monoisotopic (exact) mass is 476 g/mol. The van der Waals surface area contributed by atoms with Gasteiger partial charge in [0.25, 0.3) is 15.9 Å². The van der Waals surface area contributed by atoms with Crippen LogP contribution in [0.3, 0.4) is 0 Å². The third-order valence-electron chi connectivity index (χ3n) is 6.33. The van der Waals surface area contributed by atoms with Gasteiger partial charge in [0.2, 0.25) is 0 Å². The van der Waals surface area contributed by atoms with E-state index in [-0.39, 0.29) is 22.5 Å². The van der Waals surface area contributed by atoms with E-state index in [0.29, 0.717) is 17.4 Å². The normalized spacial score (nSPS) is 24.3. The van der Waals surface area contributed by atoms with Crippen LogP contribution in [-0.2, 0) is 10.0 Å². The number of benzene rings is 2. The van der Waals surface area contributed by atoms with Gasteiger partial charge >= 0.3 is 0 Å². The average Bonchev–Trinajstić information content (AvgIpc) is 3.32. The first-order valence-corrected chi connectivity index (χ1v) is 12.3. The van der Waals surface area contributed by atoms with E-state index in [4.69, 9.17) is 0 Å². The van der Waals surface area contributed by atoms with E-state index in [9.17, 15) is 13.2 Å². The molecule has 2 bridgehead atoms. The van der Waals surface area contributed by atoms with Crippen LogP contribution in [-0.4, -0.2) is 20.4 Å². The molecule has 0 saturated heterocycles. The maximum absolute atomic E-state index is 13.0. The number of carbonyl (C=O) groups is 1. The summed E-state index contributed by atoms with van der Waals surface area (Å²) in [6, 6.07) is 13.2. The van der Waals surface area contributed by atoms with Gasteiger partial charge in [-0.1, -0.05) is 34.5 Å². The summed E-state index contributed by atoms with van der Waals surface area (Å²) in [6.45, 7) is 2.07. The quantitative estimate of drug-likeness (QED) is 0.628. The van der Waals surface area contributed by atoms with E-state index in [1.165, 1.54) is 37.8 Å². The zero-order chi connectivity index (χ0) is 20.6. The number of halogens is 1. The molecular formula is C22H25BrN2O3S. The van der Waals surface area contributed by atoms with Crippen molar-refractivity contribution in [1.82, 2.24) is 5.32 Å². The Kier molecular flexibility index (Phi) is 5.71. The molecule has 2 aromatic carbocycles. The number of rotatable bonds is 6. The van der Waals surface area contributed by atoms with Crippen molar-refractivity contribution in [3.05, 3.63) is 58.6 Å². The fourth-order valence-corrected chi connectivity index (χ4v) is 6.23. The van der Waals surface area contributed by atoms with E-state index >= 15 is 0 Å². The molecule has 0 aromatic heterocycles. The lowest BCUT2D eigenvalue weighted by Gasteiger charge is -2.28. The zero-order valence-electron chi connectivity index (χ0n) is 16.3. The third-order valence-corrected chi connectivity index (χ3v) is 8.24. The maximum Gasteiger partial charge on any atom is 0.261 e. The van der Waals surface area contributed by atoms with Crippen LogP contribution in [0, 0.1) is 17.8 Å². The molecule has 0 aliphatic heterocycles. The summed E-state index contributed by atoms with van der Waals surface area (Å²) < 4.78 is 28.9. The fourth-order valence-electron chi connectivity index (χ4n) is 4.89. The summed E-state index contributed by atoms with van der Waals surface area (Å²) >= 11 is 3.30. The highest BCUT2D eigenvalue weighted by Crippen LogP contribution is 2.49. The van der Waals surface area contributed by atoms with Crippen molar-refractivity contribution in [1.29, 1.82) is 0 Å². The Morgan fingerprint density at radius 2 is 1.79 bits per heavy atom.